The molecule has 6 heteroatoms. The van der Waals surface area contributed by atoms with Gasteiger partial charge in [-0.25, -0.2) is 4.68 Å². The molecule has 1 aromatic heterocycles. The maximum Gasteiger partial charge on any atom is 0.0847 e. The average Bonchev–Trinajstić information content (AvgIpc) is 2.83. The smallest absolute Gasteiger partial charge is 0.0847 e. The molecule has 96 valence electrons. The lowest BCUT2D eigenvalue weighted by Crippen LogP contribution is -2.20. The van der Waals surface area contributed by atoms with E-state index in [1.54, 1.807) is 10.9 Å². The molecule has 1 unspecified atom stereocenters. The van der Waals surface area contributed by atoms with E-state index in [-0.39, 0.29) is 5.88 Å². The van der Waals surface area contributed by atoms with Gasteiger partial charge in [-0.2, -0.15) is 5.10 Å². The number of nitrogens with one attached hydrogen (secondary N) is 1. The van der Waals surface area contributed by atoms with E-state index in [0.717, 1.165) is 15.8 Å². The van der Waals surface area contributed by atoms with Gasteiger partial charge in [0, 0.05) is 18.4 Å². The molecule has 0 aliphatic carbocycles. The molecule has 0 saturated heterocycles. The fraction of sp³-hybridized carbons (Fsp3) is 0.250. The van der Waals surface area contributed by atoms with Crippen LogP contribution in [0.1, 0.15) is 0 Å². The maximum absolute atomic E-state index is 9.34. The zero-order valence-corrected chi connectivity index (χ0v) is 11.9. The van der Waals surface area contributed by atoms with Crippen LogP contribution in [-0.4, -0.2) is 33.4 Å². The summed E-state index contributed by atoms with van der Waals surface area (Å²) in [5.74, 6) is 0.229. The fourth-order valence-corrected chi connectivity index (χ4v) is 1.86. The first-order chi connectivity index (χ1) is 8.69. The number of aliphatic hydroxyl groups is 1. The Balaban J connectivity index is 2.01. The van der Waals surface area contributed by atoms with Crippen LogP contribution in [0.3, 0.4) is 0 Å². The number of rotatable bonds is 5. The largest absolute Gasteiger partial charge is 0.390 e. The lowest BCUT2D eigenvalue weighted by molar-refractivity contribution is 0.211. The van der Waals surface area contributed by atoms with Crippen molar-refractivity contribution in [1.29, 1.82) is 0 Å². The topological polar surface area (TPSA) is 50.1 Å². The number of alkyl halides is 1. The van der Waals surface area contributed by atoms with E-state index >= 15 is 0 Å². The van der Waals surface area contributed by atoms with Crippen LogP contribution in [0.2, 0.25) is 0 Å². The third-order valence-corrected chi connectivity index (χ3v) is 3.17. The molecule has 0 aliphatic heterocycles. The molecular weight excluding hydrogens is 318 g/mol. The molecule has 0 aliphatic rings. The lowest BCUT2D eigenvalue weighted by atomic mass is 10.2. The number of halogens is 2. The number of aliphatic hydroxyl groups excluding tert-OH is 1. The molecule has 4 nitrogen and oxygen atoms in total. The Labute approximate surface area is 119 Å². The Bertz CT molecular complexity index is 500. The van der Waals surface area contributed by atoms with Crippen LogP contribution >= 0.6 is 27.5 Å². The van der Waals surface area contributed by atoms with Gasteiger partial charge in [-0.15, -0.1) is 11.6 Å². The summed E-state index contributed by atoms with van der Waals surface area (Å²) in [6.45, 7) is 0.441. The van der Waals surface area contributed by atoms with Crippen molar-refractivity contribution in [2.45, 2.75) is 6.10 Å². The zero-order valence-electron chi connectivity index (χ0n) is 9.55. The molecule has 0 fully saturated rings. The van der Waals surface area contributed by atoms with E-state index in [2.05, 4.69) is 26.3 Å². The highest BCUT2D eigenvalue weighted by Gasteiger charge is 2.02. The molecule has 1 atom stereocenters. The van der Waals surface area contributed by atoms with Crippen LogP contribution in [0.4, 0.5) is 5.69 Å². The van der Waals surface area contributed by atoms with E-state index < -0.39 is 6.10 Å². The summed E-state index contributed by atoms with van der Waals surface area (Å²) in [6, 6.07) is 7.78. The fourth-order valence-electron chi connectivity index (χ4n) is 1.46. The van der Waals surface area contributed by atoms with Crippen LogP contribution in [0.15, 0.2) is 41.1 Å². The summed E-state index contributed by atoms with van der Waals surface area (Å²) < 4.78 is 2.72. The number of benzene rings is 1. The van der Waals surface area contributed by atoms with Crippen LogP contribution in [0.25, 0.3) is 5.69 Å². The molecule has 2 rings (SSSR count). The van der Waals surface area contributed by atoms with Crippen molar-refractivity contribution in [2.24, 2.45) is 0 Å². The Hall–Kier alpha value is -1.04. The minimum atomic E-state index is -0.534. The van der Waals surface area contributed by atoms with Crippen LogP contribution < -0.4 is 5.32 Å². The summed E-state index contributed by atoms with van der Waals surface area (Å²) in [5, 5.41) is 16.6. The monoisotopic (exact) mass is 329 g/mol. The van der Waals surface area contributed by atoms with E-state index in [1.165, 1.54) is 0 Å². The second-order valence-corrected chi connectivity index (χ2v) is 5.06. The predicted octanol–water partition coefficient (Wildman–Crippen LogP) is 2.65. The summed E-state index contributed by atoms with van der Waals surface area (Å²) >= 11 is 8.88. The summed E-state index contributed by atoms with van der Waals surface area (Å²) in [4.78, 5) is 0. The summed E-state index contributed by atoms with van der Waals surface area (Å²) in [5.41, 5.74) is 1.92. The van der Waals surface area contributed by atoms with Gasteiger partial charge in [0.2, 0.25) is 0 Å². The Morgan fingerprint density at radius 1 is 1.39 bits per heavy atom. The van der Waals surface area contributed by atoms with Gasteiger partial charge in [-0.1, -0.05) is 0 Å². The van der Waals surface area contributed by atoms with Crippen molar-refractivity contribution >= 4 is 33.2 Å². The second kappa shape index (κ2) is 6.22. The van der Waals surface area contributed by atoms with E-state index in [4.69, 9.17) is 11.6 Å². The van der Waals surface area contributed by atoms with Crippen molar-refractivity contribution in [3.05, 3.63) is 41.1 Å². The first kappa shape index (κ1) is 13.4. The molecular formula is C12H13BrClN3O. The van der Waals surface area contributed by atoms with E-state index in [1.807, 2.05) is 30.5 Å². The van der Waals surface area contributed by atoms with Gasteiger partial charge < -0.3 is 10.4 Å². The molecule has 0 saturated carbocycles. The molecule has 0 radical (unpaired) electrons. The normalized spacial score (nSPS) is 12.4. The zero-order chi connectivity index (χ0) is 13.0. The van der Waals surface area contributed by atoms with Crippen LogP contribution in [0.5, 0.6) is 0 Å². The first-order valence-corrected chi connectivity index (χ1v) is 6.80. The van der Waals surface area contributed by atoms with Crippen molar-refractivity contribution in [3.63, 3.8) is 0 Å². The molecule has 1 heterocycles. The van der Waals surface area contributed by atoms with Crippen molar-refractivity contribution in [1.82, 2.24) is 9.78 Å². The van der Waals surface area contributed by atoms with Gasteiger partial charge in [-0.3, -0.25) is 0 Å². The predicted molar refractivity (Wildman–Crippen MR) is 76.5 cm³/mol. The quantitative estimate of drug-likeness (QED) is 0.829. The highest BCUT2D eigenvalue weighted by Crippen LogP contribution is 2.15. The summed E-state index contributed by atoms with van der Waals surface area (Å²) in [7, 11) is 0. The number of anilines is 1. The number of aromatic nitrogens is 2. The van der Waals surface area contributed by atoms with Crippen LogP contribution in [-0.2, 0) is 0 Å². The maximum atomic E-state index is 9.34. The van der Waals surface area contributed by atoms with E-state index in [0.29, 0.717) is 6.54 Å². The Morgan fingerprint density at radius 3 is 2.67 bits per heavy atom. The van der Waals surface area contributed by atoms with Gasteiger partial charge in [0.05, 0.1) is 28.3 Å². The molecule has 0 amide bonds. The van der Waals surface area contributed by atoms with Gasteiger partial charge in [0.15, 0.2) is 0 Å². The number of nitrogens with zero attached hydrogens (tertiary/aromatic N) is 2. The highest BCUT2D eigenvalue weighted by molar-refractivity contribution is 9.10. The highest BCUT2D eigenvalue weighted by atomic mass is 79.9. The minimum Gasteiger partial charge on any atom is -0.390 e. The standard InChI is InChI=1S/C12H13BrClN3O/c13-9-6-16-17(8-9)11-3-1-10(2-4-11)15-7-12(18)5-14/h1-4,6,8,12,15,18H,5,7H2. The van der Waals surface area contributed by atoms with E-state index in [9.17, 15) is 5.11 Å². The average molecular weight is 331 g/mol. The molecule has 2 N–H and O–H groups in total. The van der Waals surface area contributed by atoms with Crippen LogP contribution in [0, 0.1) is 0 Å². The van der Waals surface area contributed by atoms with Crippen molar-refractivity contribution in [2.75, 3.05) is 17.7 Å². The number of hydrogen-bond donors (Lipinski definition) is 2. The third kappa shape index (κ3) is 3.48. The van der Waals surface area contributed by atoms with Gasteiger partial charge in [0.1, 0.15) is 0 Å². The Morgan fingerprint density at radius 2 is 2.11 bits per heavy atom. The Kier molecular flexibility index (Phi) is 4.63. The molecule has 0 spiro atoms. The first-order valence-electron chi connectivity index (χ1n) is 5.47. The van der Waals surface area contributed by atoms with Crippen molar-refractivity contribution in [3.8, 4) is 5.69 Å². The number of hydrogen-bond acceptors (Lipinski definition) is 3. The lowest BCUT2D eigenvalue weighted by Gasteiger charge is -2.10. The molecule has 2 aromatic rings. The minimum absolute atomic E-state index is 0.229. The summed E-state index contributed by atoms with van der Waals surface area (Å²) in [6.07, 6.45) is 3.09. The van der Waals surface area contributed by atoms with Crippen molar-refractivity contribution < 1.29 is 5.11 Å². The van der Waals surface area contributed by atoms with Gasteiger partial charge >= 0.3 is 0 Å². The SMILES string of the molecule is OC(CCl)CNc1ccc(-n2cc(Br)cn2)cc1. The molecule has 0 bridgehead atoms. The molecule has 18 heavy (non-hydrogen) atoms. The third-order valence-electron chi connectivity index (χ3n) is 2.40. The molecule has 1 aromatic carbocycles. The van der Waals surface area contributed by atoms with Gasteiger partial charge in [0.25, 0.3) is 0 Å². The van der Waals surface area contributed by atoms with Gasteiger partial charge in [-0.05, 0) is 40.2 Å². The second-order valence-electron chi connectivity index (χ2n) is 3.84.